The SMILES string of the molecule is C=CCOc1ccc(CNCC(C)(C)C)cc1. The molecule has 0 aliphatic carbocycles. The molecule has 0 radical (unpaired) electrons. The zero-order valence-corrected chi connectivity index (χ0v) is 11.1. The first-order valence-electron chi connectivity index (χ1n) is 6.04. The smallest absolute Gasteiger partial charge is 0.119 e. The second kappa shape index (κ2) is 6.45. The van der Waals surface area contributed by atoms with E-state index in [9.17, 15) is 0 Å². The van der Waals surface area contributed by atoms with Gasteiger partial charge in [0.2, 0.25) is 0 Å². The zero-order valence-electron chi connectivity index (χ0n) is 11.1. The van der Waals surface area contributed by atoms with Crippen LogP contribution in [0.3, 0.4) is 0 Å². The van der Waals surface area contributed by atoms with Crippen molar-refractivity contribution < 1.29 is 4.74 Å². The third-order valence-electron chi connectivity index (χ3n) is 2.28. The van der Waals surface area contributed by atoms with Crippen molar-refractivity contribution >= 4 is 0 Å². The number of nitrogens with one attached hydrogen (secondary N) is 1. The van der Waals surface area contributed by atoms with Gasteiger partial charge in [0.25, 0.3) is 0 Å². The molecule has 0 bridgehead atoms. The van der Waals surface area contributed by atoms with Crippen LogP contribution in [-0.2, 0) is 6.54 Å². The normalized spacial score (nSPS) is 11.2. The number of ether oxygens (including phenoxy) is 1. The Morgan fingerprint density at radius 1 is 1.24 bits per heavy atom. The summed E-state index contributed by atoms with van der Waals surface area (Å²) in [6, 6.07) is 8.18. The number of hydrogen-bond acceptors (Lipinski definition) is 2. The lowest BCUT2D eigenvalue weighted by molar-refractivity contribution is 0.362. The lowest BCUT2D eigenvalue weighted by Gasteiger charge is -2.18. The summed E-state index contributed by atoms with van der Waals surface area (Å²) in [4.78, 5) is 0. The quantitative estimate of drug-likeness (QED) is 0.760. The van der Waals surface area contributed by atoms with Gasteiger partial charge in [0.1, 0.15) is 12.4 Å². The monoisotopic (exact) mass is 233 g/mol. The summed E-state index contributed by atoms with van der Waals surface area (Å²) < 4.78 is 5.43. The highest BCUT2D eigenvalue weighted by molar-refractivity contribution is 5.27. The number of rotatable bonds is 6. The highest BCUT2D eigenvalue weighted by Crippen LogP contribution is 2.13. The maximum atomic E-state index is 5.43. The summed E-state index contributed by atoms with van der Waals surface area (Å²) in [5, 5.41) is 3.45. The molecule has 17 heavy (non-hydrogen) atoms. The molecule has 1 aromatic carbocycles. The van der Waals surface area contributed by atoms with E-state index in [2.05, 4.69) is 44.8 Å². The minimum absolute atomic E-state index is 0.326. The molecule has 0 heterocycles. The fourth-order valence-corrected chi connectivity index (χ4v) is 1.44. The van der Waals surface area contributed by atoms with Crippen molar-refractivity contribution in [1.82, 2.24) is 5.32 Å². The molecule has 0 aliphatic rings. The van der Waals surface area contributed by atoms with Gasteiger partial charge < -0.3 is 10.1 Å². The summed E-state index contributed by atoms with van der Waals surface area (Å²) in [5.74, 6) is 0.893. The molecule has 2 heteroatoms. The van der Waals surface area contributed by atoms with Crippen molar-refractivity contribution in [2.45, 2.75) is 27.3 Å². The Kier molecular flexibility index (Phi) is 5.23. The Balaban J connectivity index is 2.37. The molecule has 0 atom stereocenters. The van der Waals surface area contributed by atoms with Gasteiger partial charge in [-0.3, -0.25) is 0 Å². The van der Waals surface area contributed by atoms with Crippen molar-refractivity contribution in [2.75, 3.05) is 13.2 Å². The van der Waals surface area contributed by atoms with Crippen LogP contribution >= 0.6 is 0 Å². The van der Waals surface area contributed by atoms with E-state index in [0.29, 0.717) is 12.0 Å². The fourth-order valence-electron chi connectivity index (χ4n) is 1.44. The Morgan fingerprint density at radius 3 is 2.41 bits per heavy atom. The zero-order chi connectivity index (χ0) is 12.7. The second-order valence-electron chi connectivity index (χ2n) is 5.41. The van der Waals surface area contributed by atoms with E-state index in [0.717, 1.165) is 18.8 Å². The molecule has 2 nitrogen and oxygen atoms in total. The van der Waals surface area contributed by atoms with Gasteiger partial charge in [-0.05, 0) is 23.1 Å². The first-order chi connectivity index (χ1) is 8.01. The van der Waals surface area contributed by atoms with Gasteiger partial charge in [0.05, 0.1) is 0 Å². The number of benzene rings is 1. The third kappa shape index (κ3) is 6.12. The molecular weight excluding hydrogens is 210 g/mol. The molecule has 1 rings (SSSR count). The van der Waals surface area contributed by atoms with Gasteiger partial charge in [-0.15, -0.1) is 0 Å². The van der Waals surface area contributed by atoms with Gasteiger partial charge in [0.15, 0.2) is 0 Å². The van der Waals surface area contributed by atoms with E-state index in [1.165, 1.54) is 5.56 Å². The van der Waals surface area contributed by atoms with Gasteiger partial charge >= 0.3 is 0 Å². The predicted octanol–water partition coefficient (Wildman–Crippen LogP) is 3.39. The van der Waals surface area contributed by atoms with Crippen LogP contribution in [0, 0.1) is 5.41 Å². The third-order valence-corrected chi connectivity index (χ3v) is 2.28. The highest BCUT2D eigenvalue weighted by atomic mass is 16.5. The average Bonchev–Trinajstić information content (AvgIpc) is 2.26. The Bertz CT molecular complexity index is 335. The number of hydrogen-bond donors (Lipinski definition) is 1. The highest BCUT2D eigenvalue weighted by Gasteiger charge is 2.08. The van der Waals surface area contributed by atoms with Gasteiger partial charge in [-0.25, -0.2) is 0 Å². The Morgan fingerprint density at radius 2 is 1.88 bits per heavy atom. The standard InChI is InChI=1S/C15H23NO/c1-5-10-17-14-8-6-13(7-9-14)11-16-12-15(2,3)4/h5-9,16H,1,10-12H2,2-4H3. The average molecular weight is 233 g/mol. The molecule has 0 aromatic heterocycles. The molecule has 0 saturated carbocycles. The summed E-state index contributed by atoms with van der Waals surface area (Å²) >= 11 is 0. The van der Waals surface area contributed by atoms with Crippen LogP contribution in [0.4, 0.5) is 0 Å². The van der Waals surface area contributed by atoms with Gasteiger partial charge in [0, 0.05) is 13.1 Å². The van der Waals surface area contributed by atoms with Gasteiger partial charge in [-0.1, -0.05) is 45.6 Å². The van der Waals surface area contributed by atoms with Crippen molar-refractivity contribution in [3.05, 3.63) is 42.5 Å². The molecule has 0 amide bonds. The molecule has 0 saturated heterocycles. The van der Waals surface area contributed by atoms with E-state index >= 15 is 0 Å². The summed E-state index contributed by atoms with van der Waals surface area (Å²) in [5.41, 5.74) is 1.60. The van der Waals surface area contributed by atoms with E-state index in [-0.39, 0.29) is 0 Å². The lowest BCUT2D eigenvalue weighted by atomic mass is 9.97. The maximum Gasteiger partial charge on any atom is 0.119 e. The van der Waals surface area contributed by atoms with Crippen LogP contribution < -0.4 is 10.1 Å². The summed E-state index contributed by atoms with van der Waals surface area (Å²) in [7, 11) is 0. The van der Waals surface area contributed by atoms with Crippen molar-refractivity contribution in [3.8, 4) is 5.75 Å². The van der Waals surface area contributed by atoms with E-state index < -0.39 is 0 Å². The molecule has 0 aliphatic heterocycles. The maximum absolute atomic E-state index is 5.43. The molecule has 0 fully saturated rings. The fraction of sp³-hybridized carbons (Fsp3) is 0.467. The molecule has 1 aromatic rings. The molecule has 94 valence electrons. The van der Waals surface area contributed by atoms with E-state index in [4.69, 9.17) is 4.74 Å². The van der Waals surface area contributed by atoms with Crippen LogP contribution in [0.15, 0.2) is 36.9 Å². The largest absolute Gasteiger partial charge is 0.490 e. The molecule has 0 spiro atoms. The minimum Gasteiger partial charge on any atom is -0.490 e. The van der Waals surface area contributed by atoms with Crippen LogP contribution in [0.5, 0.6) is 5.75 Å². The van der Waals surface area contributed by atoms with Gasteiger partial charge in [-0.2, -0.15) is 0 Å². The first kappa shape index (κ1) is 13.8. The summed E-state index contributed by atoms with van der Waals surface area (Å²) in [6.07, 6.45) is 1.75. The van der Waals surface area contributed by atoms with Crippen molar-refractivity contribution in [2.24, 2.45) is 5.41 Å². The lowest BCUT2D eigenvalue weighted by Crippen LogP contribution is -2.26. The van der Waals surface area contributed by atoms with Crippen molar-refractivity contribution in [1.29, 1.82) is 0 Å². The van der Waals surface area contributed by atoms with Crippen LogP contribution in [0.25, 0.3) is 0 Å². The molecular formula is C15H23NO. The topological polar surface area (TPSA) is 21.3 Å². The van der Waals surface area contributed by atoms with Crippen LogP contribution in [-0.4, -0.2) is 13.2 Å². The second-order valence-corrected chi connectivity index (χ2v) is 5.41. The van der Waals surface area contributed by atoms with E-state index in [1.807, 2.05) is 12.1 Å². The van der Waals surface area contributed by atoms with E-state index in [1.54, 1.807) is 6.08 Å². The first-order valence-corrected chi connectivity index (χ1v) is 6.04. The summed E-state index contributed by atoms with van der Waals surface area (Å²) in [6.45, 7) is 12.8. The minimum atomic E-state index is 0.326. The molecule has 1 N–H and O–H groups in total. The van der Waals surface area contributed by atoms with Crippen LogP contribution in [0.1, 0.15) is 26.3 Å². The van der Waals surface area contributed by atoms with Crippen LogP contribution in [0.2, 0.25) is 0 Å². The Hall–Kier alpha value is -1.28. The molecule has 0 unspecified atom stereocenters. The predicted molar refractivity (Wildman–Crippen MR) is 73.3 cm³/mol. The van der Waals surface area contributed by atoms with Crippen molar-refractivity contribution in [3.63, 3.8) is 0 Å². The Labute approximate surface area is 105 Å².